The minimum Gasteiger partial charge on any atom is -0.370 e. The highest BCUT2D eigenvalue weighted by molar-refractivity contribution is 5.92. The molecule has 0 bridgehead atoms. The fourth-order valence-electron chi connectivity index (χ4n) is 1.55. The first-order valence-corrected chi connectivity index (χ1v) is 6.06. The molecule has 100 valence electrons. The summed E-state index contributed by atoms with van der Waals surface area (Å²) in [7, 11) is 1.71. The van der Waals surface area contributed by atoms with E-state index in [1.165, 1.54) is 10.4 Å². The molecule has 1 aromatic carbocycles. The summed E-state index contributed by atoms with van der Waals surface area (Å²) >= 11 is 0. The quantitative estimate of drug-likeness (QED) is 0.622. The molecule has 7 heteroatoms. The summed E-state index contributed by atoms with van der Waals surface area (Å²) in [6.07, 6.45) is 1.02. The Bertz CT molecular complexity index is 556. The molecule has 0 spiro atoms. The number of hydrogen-bond donors (Lipinski definition) is 2. The molecular weight excluding hydrogens is 242 g/mol. The monoisotopic (exact) mass is 259 g/mol. The predicted molar refractivity (Wildman–Crippen MR) is 73.6 cm³/mol. The van der Waals surface area contributed by atoms with Crippen LogP contribution in [0, 0.1) is 0 Å². The van der Waals surface area contributed by atoms with E-state index in [1.807, 2.05) is 12.1 Å². The highest BCUT2D eigenvalue weighted by Crippen LogP contribution is 2.09. The molecular formula is C12H17N7. The van der Waals surface area contributed by atoms with Gasteiger partial charge >= 0.3 is 0 Å². The smallest absolute Gasteiger partial charge is 0.196 e. The second-order valence-electron chi connectivity index (χ2n) is 4.07. The summed E-state index contributed by atoms with van der Waals surface area (Å²) in [5.41, 5.74) is 7.98. The number of benzene rings is 1. The lowest BCUT2D eigenvalue weighted by Gasteiger charge is -2.05. The van der Waals surface area contributed by atoms with Crippen molar-refractivity contribution in [1.29, 1.82) is 0 Å². The number of nitrogens with one attached hydrogen (secondary N) is 1. The van der Waals surface area contributed by atoms with Gasteiger partial charge in [-0.1, -0.05) is 19.1 Å². The van der Waals surface area contributed by atoms with Gasteiger partial charge in [0.1, 0.15) is 6.54 Å². The van der Waals surface area contributed by atoms with Crippen molar-refractivity contribution in [3.8, 4) is 0 Å². The van der Waals surface area contributed by atoms with E-state index in [0.717, 1.165) is 12.1 Å². The summed E-state index contributed by atoms with van der Waals surface area (Å²) < 4.78 is 0. The number of hydrogen-bond acceptors (Lipinski definition) is 4. The number of aryl methyl sites for hydroxylation is 2. The van der Waals surface area contributed by atoms with Gasteiger partial charge in [0.25, 0.3) is 0 Å². The van der Waals surface area contributed by atoms with Gasteiger partial charge in [0.05, 0.1) is 7.05 Å². The molecule has 2 aromatic rings. The van der Waals surface area contributed by atoms with Crippen molar-refractivity contribution in [3.05, 3.63) is 35.7 Å². The molecule has 1 aromatic heterocycles. The molecule has 1 heterocycles. The third kappa shape index (κ3) is 3.77. The molecule has 0 atom stereocenters. The molecule has 2 rings (SSSR count). The SMILES string of the molecule is CCc1ccc(NC(N)=NCc2nnn(C)n2)cc1. The molecule has 0 saturated carbocycles. The first kappa shape index (κ1) is 13.0. The first-order valence-electron chi connectivity index (χ1n) is 6.06. The van der Waals surface area contributed by atoms with Gasteiger partial charge in [-0.2, -0.15) is 4.80 Å². The van der Waals surface area contributed by atoms with E-state index in [0.29, 0.717) is 18.3 Å². The summed E-state index contributed by atoms with van der Waals surface area (Å²) in [6.45, 7) is 2.42. The van der Waals surface area contributed by atoms with Crippen LogP contribution in [0.25, 0.3) is 0 Å². The van der Waals surface area contributed by atoms with Crippen LogP contribution in [0.1, 0.15) is 18.3 Å². The molecule has 0 saturated heterocycles. The van der Waals surface area contributed by atoms with Crippen LogP contribution in [0.15, 0.2) is 29.3 Å². The van der Waals surface area contributed by atoms with E-state index < -0.39 is 0 Å². The molecule has 0 aliphatic carbocycles. The van der Waals surface area contributed by atoms with Crippen LogP contribution >= 0.6 is 0 Å². The summed E-state index contributed by atoms with van der Waals surface area (Å²) in [4.78, 5) is 5.54. The van der Waals surface area contributed by atoms with Gasteiger partial charge in [0.2, 0.25) is 0 Å². The normalized spacial score (nSPS) is 11.6. The van der Waals surface area contributed by atoms with Gasteiger partial charge in [-0.3, -0.25) is 0 Å². The lowest BCUT2D eigenvalue weighted by atomic mass is 10.1. The third-order valence-corrected chi connectivity index (χ3v) is 2.58. The minimum absolute atomic E-state index is 0.305. The summed E-state index contributed by atoms with van der Waals surface area (Å²) in [5, 5.41) is 14.6. The lowest BCUT2D eigenvalue weighted by Crippen LogP contribution is -2.22. The van der Waals surface area contributed by atoms with Gasteiger partial charge < -0.3 is 11.1 Å². The fourth-order valence-corrected chi connectivity index (χ4v) is 1.55. The van der Waals surface area contributed by atoms with E-state index in [-0.39, 0.29) is 0 Å². The van der Waals surface area contributed by atoms with E-state index >= 15 is 0 Å². The molecule has 0 radical (unpaired) electrons. The standard InChI is InChI=1S/C12H17N7/c1-3-9-4-6-10(7-5-9)15-12(13)14-8-11-16-18-19(2)17-11/h4-7H,3,8H2,1-2H3,(H3,13,14,15). The van der Waals surface area contributed by atoms with Crippen molar-refractivity contribution < 1.29 is 0 Å². The van der Waals surface area contributed by atoms with Gasteiger partial charge in [-0.15, -0.1) is 10.2 Å². The Morgan fingerprint density at radius 3 is 2.68 bits per heavy atom. The maximum atomic E-state index is 5.79. The maximum Gasteiger partial charge on any atom is 0.196 e. The van der Waals surface area contributed by atoms with Crippen LogP contribution in [0.5, 0.6) is 0 Å². The van der Waals surface area contributed by atoms with Gasteiger partial charge in [-0.25, -0.2) is 4.99 Å². The Morgan fingerprint density at radius 2 is 2.11 bits per heavy atom. The fraction of sp³-hybridized carbons (Fsp3) is 0.333. The van der Waals surface area contributed by atoms with Crippen LogP contribution < -0.4 is 11.1 Å². The Morgan fingerprint density at radius 1 is 1.37 bits per heavy atom. The molecule has 0 fully saturated rings. The van der Waals surface area contributed by atoms with Crippen LogP contribution in [0.4, 0.5) is 5.69 Å². The van der Waals surface area contributed by atoms with E-state index in [1.54, 1.807) is 7.05 Å². The second kappa shape index (κ2) is 5.94. The van der Waals surface area contributed by atoms with Crippen molar-refractivity contribution >= 4 is 11.6 Å². The average Bonchev–Trinajstić information content (AvgIpc) is 2.83. The number of anilines is 1. The Hall–Kier alpha value is -2.44. The third-order valence-electron chi connectivity index (χ3n) is 2.58. The van der Waals surface area contributed by atoms with Gasteiger partial charge in [0, 0.05) is 5.69 Å². The van der Waals surface area contributed by atoms with Crippen molar-refractivity contribution in [2.75, 3.05) is 5.32 Å². The van der Waals surface area contributed by atoms with Crippen molar-refractivity contribution in [2.45, 2.75) is 19.9 Å². The molecule has 0 amide bonds. The van der Waals surface area contributed by atoms with Crippen molar-refractivity contribution in [1.82, 2.24) is 20.2 Å². The molecule has 3 N–H and O–H groups in total. The van der Waals surface area contributed by atoms with E-state index in [2.05, 4.69) is 44.8 Å². The molecule has 19 heavy (non-hydrogen) atoms. The Kier molecular flexibility index (Phi) is 4.07. The Labute approximate surface area is 111 Å². The van der Waals surface area contributed by atoms with E-state index in [9.17, 15) is 0 Å². The summed E-state index contributed by atoms with van der Waals surface area (Å²) in [5.74, 6) is 0.866. The first-order chi connectivity index (χ1) is 9.17. The largest absolute Gasteiger partial charge is 0.370 e. The van der Waals surface area contributed by atoms with Gasteiger partial charge in [-0.05, 0) is 29.3 Å². The zero-order valence-electron chi connectivity index (χ0n) is 11.0. The topological polar surface area (TPSA) is 94.0 Å². The maximum absolute atomic E-state index is 5.79. The number of rotatable bonds is 4. The van der Waals surface area contributed by atoms with Crippen molar-refractivity contribution in [2.24, 2.45) is 17.8 Å². The molecule has 0 unspecified atom stereocenters. The molecule has 0 aliphatic heterocycles. The van der Waals surface area contributed by atoms with E-state index in [4.69, 9.17) is 5.73 Å². The summed E-state index contributed by atoms with van der Waals surface area (Å²) in [6, 6.07) is 8.06. The Balaban J connectivity index is 1.93. The average molecular weight is 259 g/mol. The highest BCUT2D eigenvalue weighted by Gasteiger charge is 2.00. The lowest BCUT2D eigenvalue weighted by molar-refractivity contribution is 0.627. The van der Waals surface area contributed by atoms with Crippen LogP contribution in [0.2, 0.25) is 0 Å². The minimum atomic E-state index is 0.305. The van der Waals surface area contributed by atoms with Crippen LogP contribution in [-0.4, -0.2) is 26.2 Å². The van der Waals surface area contributed by atoms with Crippen molar-refractivity contribution in [3.63, 3.8) is 0 Å². The second-order valence-corrected chi connectivity index (χ2v) is 4.07. The number of nitrogens with zero attached hydrogens (tertiary/aromatic N) is 5. The number of guanidine groups is 1. The number of aromatic nitrogens is 4. The zero-order chi connectivity index (χ0) is 13.7. The molecule has 7 nitrogen and oxygen atoms in total. The number of nitrogens with two attached hydrogens (primary N) is 1. The van der Waals surface area contributed by atoms with Crippen LogP contribution in [0.3, 0.4) is 0 Å². The van der Waals surface area contributed by atoms with Crippen LogP contribution in [-0.2, 0) is 20.0 Å². The van der Waals surface area contributed by atoms with Gasteiger partial charge in [0.15, 0.2) is 11.8 Å². The number of tetrazole rings is 1. The number of aliphatic imine (C=N–C) groups is 1. The molecule has 0 aliphatic rings. The zero-order valence-corrected chi connectivity index (χ0v) is 11.0. The highest BCUT2D eigenvalue weighted by atomic mass is 15.6. The predicted octanol–water partition coefficient (Wildman–Crippen LogP) is 0.699.